The maximum Gasteiger partial charge on any atom is 0.238 e. The van der Waals surface area contributed by atoms with Crippen LogP contribution in [0.3, 0.4) is 0 Å². The van der Waals surface area contributed by atoms with Gasteiger partial charge in [-0.2, -0.15) is 0 Å². The van der Waals surface area contributed by atoms with E-state index in [0.717, 1.165) is 17.0 Å². The highest BCUT2D eigenvalue weighted by molar-refractivity contribution is 8.00. The van der Waals surface area contributed by atoms with E-state index in [1.807, 2.05) is 78.9 Å². The second kappa shape index (κ2) is 7.44. The van der Waals surface area contributed by atoms with Crippen LogP contribution in [0.4, 0.5) is 5.69 Å². The second-order valence-corrected chi connectivity index (χ2v) is 7.31. The Bertz CT molecular complexity index is 932. The number of anilines is 1. The van der Waals surface area contributed by atoms with E-state index in [9.17, 15) is 4.79 Å². The van der Waals surface area contributed by atoms with Gasteiger partial charge in [0, 0.05) is 10.6 Å². The fraction of sp³-hybridized carbons (Fsp3) is 0.0952. The average molecular weight is 382 g/mol. The van der Waals surface area contributed by atoms with Gasteiger partial charge < -0.3 is 4.74 Å². The van der Waals surface area contributed by atoms with Gasteiger partial charge >= 0.3 is 0 Å². The van der Waals surface area contributed by atoms with Crippen molar-refractivity contribution in [2.24, 2.45) is 0 Å². The zero-order valence-corrected chi connectivity index (χ0v) is 15.4. The fourth-order valence-electron chi connectivity index (χ4n) is 2.95. The first-order valence-electron chi connectivity index (χ1n) is 8.24. The Morgan fingerprint density at radius 2 is 1.62 bits per heavy atom. The van der Waals surface area contributed by atoms with Crippen molar-refractivity contribution in [3.05, 3.63) is 89.4 Å². The summed E-state index contributed by atoms with van der Waals surface area (Å²) >= 11 is 7.96. The topological polar surface area (TPSA) is 29.5 Å². The van der Waals surface area contributed by atoms with E-state index in [2.05, 4.69) is 0 Å². The standard InChI is InChI=1S/C21H16ClNO2S/c22-17-11-5-4-10-16(17)21-23(20(24)14-26-21)18-12-6-7-13-19(18)25-15-8-2-1-3-9-15/h1-13,21H,14H2/t21-/m1/s1. The number of nitrogens with zero attached hydrogens (tertiary/aromatic N) is 1. The third kappa shape index (κ3) is 3.30. The normalized spacial score (nSPS) is 16.7. The monoisotopic (exact) mass is 381 g/mol. The summed E-state index contributed by atoms with van der Waals surface area (Å²) in [6.07, 6.45) is 0. The minimum absolute atomic E-state index is 0.0454. The summed E-state index contributed by atoms with van der Waals surface area (Å²) in [7, 11) is 0. The molecule has 3 aromatic carbocycles. The molecule has 0 saturated carbocycles. The van der Waals surface area contributed by atoms with Crippen molar-refractivity contribution < 1.29 is 9.53 Å². The van der Waals surface area contributed by atoms with E-state index < -0.39 is 0 Å². The summed E-state index contributed by atoms with van der Waals surface area (Å²) < 4.78 is 6.05. The molecule has 4 rings (SSSR count). The molecule has 0 aliphatic carbocycles. The van der Waals surface area contributed by atoms with Crippen molar-refractivity contribution in [3.63, 3.8) is 0 Å². The van der Waals surface area contributed by atoms with Crippen molar-refractivity contribution in [3.8, 4) is 11.5 Å². The van der Waals surface area contributed by atoms with Crippen LogP contribution in [-0.4, -0.2) is 11.7 Å². The molecule has 0 radical (unpaired) electrons. The molecular formula is C21H16ClNO2S. The van der Waals surface area contributed by atoms with Gasteiger partial charge in [-0.3, -0.25) is 9.69 Å². The summed E-state index contributed by atoms with van der Waals surface area (Å²) in [5.41, 5.74) is 1.68. The molecule has 1 saturated heterocycles. The number of ether oxygens (including phenoxy) is 1. The highest BCUT2D eigenvalue weighted by Gasteiger charge is 2.36. The summed E-state index contributed by atoms with van der Waals surface area (Å²) in [4.78, 5) is 14.5. The van der Waals surface area contributed by atoms with Gasteiger partial charge in [0.15, 0.2) is 5.75 Å². The van der Waals surface area contributed by atoms with E-state index in [0.29, 0.717) is 16.5 Å². The lowest BCUT2D eigenvalue weighted by atomic mass is 10.1. The largest absolute Gasteiger partial charge is 0.455 e. The Morgan fingerprint density at radius 3 is 2.42 bits per heavy atom. The van der Waals surface area contributed by atoms with Crippen LogP contribution >= 0.6 is 23.4 Å². The molecule has 130 valence electrons. The van der Waals surface area contributed by atoms with E-state index in [-0.39, 0.29) is 11.3 Å². The van der Waals surface area contributed by atoms with Gasteiger partial charge in [-0.25, -0.2) is 0 Å². The molecule has 3 aromatic rings. The first kappa shape index (κ1) is 17.0. The highest BCUT2D eigenvalue weighted by Crippen LogP contribution is 2.47. The molecule has 1 heterocycles. The van der Waals surface area contributed by atoms with Crippen LogP contribution in [-0.2, 0) is 4.79 Å². The molecule has 0 aromatic heterocycles. The van der Waals surface area contributed by atoms with Gasteiger partial charge in [0.1, 0.15) is 11.1 Å². The van der Waals surface area contributed by atoms with Crippen LogP contribution in [0.1, 0.15) is 10.9 Å². The Kier molecular flexibility index (Phi) is 4.87. The van der Waals surface area contributed by atoms with Crippen LogP contribution in [0.5, 0.6) is 11.5 Å². The van der Waals surface area contributed by atoms with E-state index in [4.69, 9.17) is 16.3 Å². The number of rotatable bonds is 4. The lowest BCUT2D eigenvalue weighted by Gasteiger charge is -2.26. The van der Waals surface area contributed by atoms with Crippen molar-refractivity contribution >= 4 is 35.0 Å². The molecule has 0 N–H and O–H groups in total. The molecule has 1 aliphatic heterocycles. The van der Waals surface area contributed by atoms with Gasteiger partial charge in [-0.05, 0) is 30.3 Å². The molecule has 0 spiro atoms. The molecule has 0 bridgehead atoms. The lowest BCUT2D eigenvalue weighted by Crippen LogP contribution is -2.28. The summed E-state index contributed by atoms with van der Waals surface area (Å²) in [6, 6.07) is 24.8. The number of carbonyl (C=O) groups excluding carboxylic acids is 1. The van der Waals surface area contributed by atoms with Gasteiger partial charge in [0.2, 0.25) is 5.91 Å². The Hall–Kier alpha value is -2.43. The summed E-state index contributed by atoms with van der Waals surface area (Å²) in [5, 5.41) is 0.489. The van der Waals surface area contributed by atoms with E-state index in [1.54, 1.807) is 16.7 Å². The smallest absolute Gasteiger partial charge is 0.238 e. The number of amides is 1. The molecule has 3 nitrogen and oxygen atoms in total. The lowest BCUT2D eigenvalue weighted by molar-refractivity contribution is -0.115. The van der Waals surface area contributed by atoms with Crippen molar-refractivity contribution in [1.29, 1.82) is 0 Å². The maximum atomic E-state index is 12.7. The summed E-state index contributed by atoms with van der Waals surface area (Å²) in [5.74, 6) is 1.83. The Morgan fingerprint density at radius 1 is 0.923 bits per heavy atom. The number of hydrogen-bond acceptors (Lipinski definition) is 3. The molecule has 1 aliphatic rings. The number of halogens is 1. The Labute approximate surface area is 161 Å². The number of para-hydroxylation sites is 3. The second-order valence-electron chi connectivity index (χ2n) is 5.83. The van der Waals surface area contributed by atoms with Crippen LogP contribution in [0.2, 0.25) is 5.02 Å². The third-order valence-corrected chi connectivity index (χ3v) is 5.67. The molecule has 26 heavy (non-hydrogen) atoms. The minimum Gasteiger partial charge on any atom is -0.455 e. The van der Waals surface area contributed by atoms with Crippen molar-refractivity contribution in [2.75, 3.05) is 10.7 Å². The molecule has 1 fully saturated rings. The zero-order chi connectivity index (χ0) is 17.9. The first-order valence-corrected chi connectivity index (χ1v) is 9.67. The van der Waals surface area contributed by atoms with Crippen molar-refractivity contribution in [2.45, 2.75) is 5.37 Å². The molecular weight excluding hydrogens is 366 g/mol. The zero-order valence-electron chi connectivity index (χ0n) is 13.8. The third-order valence-electron chi connectivity index (χ3n) is 4.13. The first-order chi connectivity index (χ1) is 12.7. The minimum atomic E-state index is -0.170. The predicted molar refractivity (Wildman–Crippen MR) is 107 cm³/mol. The molecule has 1 amide bonds. The molecule has 0 unspecified atom stereocenters. The average Bonchev–Trinajstić information content (AvgIpc) is 3.05. The van der Waals surface area contributed by atoms with Gasteiger partial charge in [-0.1, -0.05) is 60.1 Å². The van der Waals surface area contributed by atoms with E-state index in [1.165, 1.54) is 0 Å². The maximum absolute atomic E-state index is 12.7. The number of benzene rings is 3. The van der Waals surface area contributed by atoms with Crippen LogP contribution in [0.25, 0.3) is 0 Å². The van der Waals surface area contributed by atoms with Gasteiger partial charge in [0.25, 0.3) is 0 Å². The van der Waals surface area contributed by atoms with Gasteiger partial charge in [0.05, 0.1) is 11.4 Å². The highest BCUT2D eigenvalue weighted by atomic mass is 35.5. The predicted octanol–water partition coefficient (Wildman–Crippen LogP) is 5.91. The quantitative estimate of drug-likeness (QED) is 0.562. The molecule has 5 heteroatoms. The van der Waals surface area contributed by atoms with Crippen LogP contribution in [0.15, 0.2) is 78.9 Å². The number of carbonyl (C=O) groups is 1. The Balaban J connectivity index is 1.74. The van der Waals surface area contributed by atoms with Crippen LogP contribution in [0, 0.1) is 0 Å². The number of hydrogen-bond donors (Lipinski definition) is 0. The fourth-order valence-corrected chi connectivity index (χ4v) is 4.46. The number of thioether (sulfide) groups is 1. The SMILES string of the molecule is O=C1CS[C@H](c2ccccc2Cl)N1c1ccccc1Oc1ccccc1. The van der Waals surface area contributed by atoms with E-state index >= 15 is 0 Å². The molecule has 1 atom stereocenters. The van der Waals surface area contributed by atoms with Crippen LogP contribution < -0.4 is 9.64 Å². The van der Waals surface area contributed by atoms with Gasteiger partial charge in [-0.15, -0.1) is 11.8 Å². The summed E-state index contributed by atoms with van der Waals surface area (Å²) in [6.45, 7) is 0. The van der Waals surface area contributed by atoms with Crippen molar-refractivity contribution in [1.82, 2.24) is 0 Å².